The molecule has 2 aromatic carbocycles. The Labute approximate surface area is 164 Å². The average molecular weight is 376 g/mol. The van der Waals surface area contributed by atoms with Crippen molar-refractivity contribution >= 4 is 22.8 Å². The van der Waals surface area contributed by atoms with E-state index < -0.39 is 5.97 Å². The van der Waals surface area contributed by atoms with E-state index in [9.17, 15) is 9.59 Å². The van der Waals surface area contributed by atoms with Gasteiger partial charge in [0, 0.05) is 11.6 Å². The van der Waals surface area contributed by atoms with E-state index in [-0.39, 0.29) is 25.0 Å². The van der Waals surface area contributed by atoms with Crippen LogP contribution in [0.4, 0.5) is 0 Å². The largest absolute Gasteiger partial charge is 0.455 e. The van der Waals surface area contributed by atoms with Crippen molar-refractivity contribution < 1.29 is 14.3 Å². The van der Waals surface area contributed by atoms with E-state index in [0.717, 1.165) is 28.5 Å². The van der Waals surface area contributed by atoms with E-state index in [4.69, 9.17) is 4.74 Å². The molecular formula is C23H24N2O3. The predicted octanol–water partition coefficient (Wildman–Crippen LogP) is 3.76. The molecule has 0 bridgehead atoms. The number of aromatic nitrogens is 1. The standard InChI is InChI=1S/C23H24N2O3/c1-3-17-9-11-18(12-10-17)16(2)25-21(26)15-28-22(27)14-20-7-4-6-19-8-5-13-24-23(19)20/h4-13,16H,3,14-15H2,1-2H3,(H,25,26). The maximum absolute atomic E-state index is 12.2. The van der Waals surface area contributed by atoms with E-state index in [0.29, 0.717) is 0 Å². The fraction of sp³-hybridized carbons (Fsp3) is 0.261. The molecule has 0 saturated heterocycles. The second kappa shape index (κ2) is 9.13. The van der Waals surface area contributed by atoms with Crippen molar-refractivity contribution in [2.45, 2.75) is 32.7 Å². The van der Waals surface area contributed by atoms with Crippen LogP contribution < -0.4 is 5.32 Å². The minimum absolute atomic E-state index is 0.0790. The minimum atomic E-state index is -0.451. The van der Waals surface area contributed by atoms with Crippen LogP contribution in [0.1, 0.15) is 36.6 Å². The number of fused-ring (bicyclic) bond motifs is 1. The number of benzene rings is 2. The quantitative estimate of drug-likeness (QED) is 0.638. The molecule has 0 aliphatic heterocycles. The summed E-state index contributed by atoms with van der Waals surface area (Å²) in [6, 6.07) is 17.4. The van der Waals surface area contributed by atoms with Crippen molar-refractivity contribution in [2.75, 3.05) is 6.61 Å². The average Bonchev–Trinajstić information content (AvgIpc) is 2.72. The summed E-state index contributed by atoms with van der Waals surface area (Å²) in [5.41, 5.74) is 3.82. The highest BCUT2D eigenvalue weighted by atomic mass is 16.5. The van der Waals surface area contributed by atoms with E-state index in [2.05, 4.69) is 29.4 Å². The lowest BCUT2D eigenvalue weighted by molar-refractivity contribution is -0.148. The van der Waals surface area contributed by atoms with Gasteiger partial charge in [-0.25, -0.2) is 0 Å². The lowest BCUT2D eigenvalue weighted by Crippen LogP contribution is -2.31. The van der Waals surface area contributed by atoms with E-state index in [1.165, 1.54) is 5.56 Å². The van der Waals surface area contributed by atoms with E-state index in [1.54, 1.807) is 6.20 Å². The van der Waals surface area contributed by atoms with Crippen molar-refractivity contribution in [2.24, 2.45) is 0 Å². The Morgan fingerprint density at radius 3 is 2.57 bits per heavy atom. The Bertz CT molecular complexity index is 962. The molecule has 1 heterocycles. The number of esters is 1. The molecule has 0 spiro atoms. The molecule has 0 radical (unpaired) electrons. The van der Waals surface area contributed by atoms with Crippen LogP contribution in [0.15, 0.2) is 60.8 Å². The zero-order chi connectivity index (χ0) is 19.9. The highest BCUT2D eigenvalue weighted by Crippen LogP contribution is 2.17. The van der Waals surface area contributed by atoms with E-state index in [1.807, 2.05) is 49.4 Å². The molecule has 3 aromatic rings. The van der Waals surface area contributed by atoms with Crippen molar-refractivity contribution in [3.8, 4) is 0 Å². The summed E-state index contributed by atoms with van der Waals surface area (Å²) < 4.78 is 5.15. The number of nitrogens with one attached hydrogen (secondary N) is 1. The number of pyridine rings is 1. The molecule has 3 rings (SSSR count). The molecule has 0 saturated carbocycles. The van der Waals surface area contributed by atoms with Crippen molar-refractivity contribution in [1.82, 2.24) is 10.3 Å². The van der Waals surface area contributed by atoms with Gasteiger partial charge in [0.05, 0.1) is 18.0 Å². The maximum Gasteiger partial charge on any atom is 0.310 e. The first-order valence-electron chi connectivity index (χ1n) is 9.43. The number of rotatable bonds is 7. The number of nitrogens with zero attached hydrogens (tertiary/aromatic N) is 1. The third kappa shape index (κ3) is 4.94. The maximum atomic E-state index is 12.2. The molecule has 5 heteroatoms. The molecular weight excluding hydrogens is 352 g/mol. The van der Waals surface area contributed by atoms with Gasteiger partial charge < -0.3 is 10.1 Å². The lowest BCUT2D eigenvalue weighted by atomic mass is 10.1. The van der Waals surface area contributed by atoms with Crippen LogP contribution in [0, 0.1) is 0 Å². The van der Waals surface area contributed by atoms with Crippen LogP contribution in [-0.2, 0) is 27.2 Å². The zero-order valence-electron chi connectivity index (χ0n) is 16.1. The molecule has 1 N–H and O–H groups in total. The molecule has 1 atom stereocenters. The van der Waals surface area contributed by atoms with Crippen LogP contribution in [0.25, 0.3) is 10.9 Å². The number of carbonyl (C=O) groups is 2. The van der Waals surface area contributed by atoms with Crippen LogP contribution in [-0.4, -0.2) is 23.5 Å². The predicted molar refractivity (Wildman–Crippen MR) is 109 cm³/mol. The number of hydrogen-bond acceptors (Lipinski definition) is 4. The summed E-state index contributed by atoms with van der Waals surface area (Å²) in [6.45, 7) is 3.71. The summed E-state index contributed by atoms with van der Waals surface area (Å²) in [5.74, 6) is -0.773. The van der Waals surface area contributed by atoms with Gasteiger partial charge >= 0.3 is 5.97 Å². The third-order valence-electron chi connectivity index (χ3n) is 4.68. The smallest absolute Gasteiger partial charge is 0.310 e. The van der Waals surface area contributed by atoms with Crippen LogP contribution in [0.5, 0.6) is 0 Å². The molecule has 1 aromatic heterocycles. The highest BCUT2D eigenvalue weighted by Gasteiger charge is 2.13. The second-order valence-corrected chi connectivity index (χ2v) is 6.71. The fourth-order valence-corrected chi connectivity index (χ4v) is 3.07. The first kappa shape index (κ1) is 19.5. The van der Waals surface area contributed by atoms with Crippen LogP contribution >= 0.6 is 0 Å². The fourth-order valence-electron chi connectivity index (χ4n) is 3.07. The normalized spacial score (nSPS) is 11.8. The Kier molecular flexibility index (Phi) is 6.37. The summed E-state index contributed by atoms with van der Waals surface area (Å²) in [7, 11) is 0. The Morgan fingerprint density at radius 1 is 1.07 bits per heavy atom. The second-order valence-electron chi connectivity index (χ2n) is 6.71. The Balaban J connectivity index is 1.51. The third-order valence-corrected chi connectivity index (χ3v) is 4.68. The molecule has 0 aliphatic rings. The number of carbonyl (C=O) groups excluding carboxylic acids is 2. The number of amides is 1. The Morgan fingerprint density at radius 2 is 1.82 bits per heavy atom. The summed E-state index contributed by atoms with van der Waals surface area (Å²) in [5, 5.41) is 3.82. The lowest BCUT2D eigenvalue weighted by Gasteiger charge is -2.15. The number of hydrogen-bond donors (Lipinski definition) is 1. The first-order valence-corrected chi connectivity index (χ1v) is 9.43. The molecule has 5 nitrogen and oxygen atoms in total. The van der Waals surface area contributed by atoms with Gasteiger partial charge in [-0.05, 0) is 36.1 Å². The van der Waals surface area contributed by atoms with Gasteiger partial charge in [-0.1, -0.05) is 55.5 Å². The number of aryl methyl sites for hydroxylation is 1. The summed E-state index contributed by atoms with van der Waals surface area (Å²) in [6.07, 6.45) is 2.75. The number of ether oxygens (including phenoxy) is 1. The van der Waals surface area contributed by atoms with Crippen molar-refractivity contribution in [1.29, 1.82) is 0 Å². The number of para-hydroxylation sites is 1. The van der Waals surface area contributed by atoms with Gasteiger partial charge in [0.15, 0.2) is 6.61 Å². The molecule has 144 valence electrons. The molecule has 1 amide bonds. The SMILES string of the molecule is CCc1ccc(C(C)NC(=O)COC(=O)Cc2cccc3cccnc23)cc1. The van der Waals surface area contributed by atoms with Gasteiger partial charge in [-0.3, -0.25) is 14.6 Å². The molecule has 0 fully saturated rings. The first-order chi connectivity index (χ1) is 13.6. The van der Waals surface area contributed by atoms with Crippen molar-refractivity contribution in [3.05, 3.63) is 77.5 Å². The Hall–Kier alpha value is -3.21. The van der Waals surface area contributed by atoms with Gasteiger partial charge in [-0.2, -0.15) is 0 Å². The van der Waals surface area contributed by atoms with Gasteiger partial charge in [0.2, 0.25) is 0 Å². The highest BCUT2D eigenvalue weighted by molar-refractivity contribution is 5.87. The topological polar surface area (TPSA) is 68.3 Å². The van der Waals surface area contributed by atoms with Gasteiger partial charge in [0.25, 0.3) is 5.91 Å². The summed E-state index contributed by atoms with van der Waals surface area (Å²) >= 11 is 0. The van der Waals surface area contributed by atoms with Gasteiger partial charge in [-0.15, -0.1) is 0 Å². The summed E-state index contributed by atoms with van der Waals surface area (Å²) in [4.78, 5) is 28.6. The van der Waals surface area contributed by atoms with Crippen LogP contribution in [0.3, 0.4) is 0 Å². The minimum Gasteiger partial charge on any atom is -0.455 e. The molecule has 0 aliphatic carbocycles. The van der Waals surface area contributed by atoms with Gasteiger partial charge in [0.1, 0.15) is 0 Å². The van der Waals surface area contributed by atoms with Crippen molar-refractivity contribution in [3.63, 3.8) is 0 Å². The monoisotopic (exact) mass is 376 g/mol. The van der Waals surface area contributed by atoms with Crippen LogP contribution in [0.2, 0.25) is 0 Å². The zero-order valence-corrected chi connectivity index (χ0v) is 16.1. The van der Waals surface area contributed by atoms with E-state index >= 15 is 0 Å². The molecule has 1 unspecified atom stereocenters. The molecule has 28 heavy (non-hydrogen) atoms.